The minimum Gasteiger partial charge on any atom is -0.382 e. The number of hydrogen-bond donors (Lipinski definition) is 5. The first-order chi connectivity index (χ1) is 13.4. The van der Waals surface area contributed by atoms with E-state index in [9.17, 15) is 18.6 Å². The number of phosphoric ester groups is 1. The number of nitrogens with two attached hydrogens (primary N) is 1. The van der Waals surface area contributed by atoms with Crippen molar-refractivity contribution in [3.8, 4) is 0 Å². The maximum atomic E-state index is 11.7. The summed E-state index contributed by atoms with van der Waals surface area (Å²) in [6.07, 6.45) is 2.30. The summed E-state index contributed by atoms with van der Waals surface area (Å²) in [5, 5.41) is 0. The van der Waals surface area contributed by atoms with Gasteiger partial charge in [-0.05, 0) is 12.8 Å². The Bertz CT molecular complexity index is 1040. The summed E-state index contributed by atoms with van der Waals surface area (Å²) in [6.45, 7) is -0.524. The van der Waals surface area contributed by atoms with Crippen molar-refractivity contribution < 1.29 is 51.2 Å². The molecule has 19 heteroatoms. The van der Waals surface area contributed by atoms with Gasteiger partial charge in [0.05, 0.1) is 19.0 Å². The summed E-state index contributed by atoms with van der Waals surface area (Å²) < 4.78 is 52.7. The van der Waals surface area contributed by atoms with E-state index >= 15 is 0 Å². The number of rotatable bonds is 8. The van der Waals surface area contributed by atoms with Gasteiger partial charge in [0.2, 0.25) is 0 Å². The third-order valence-electron chi connectivity index (χ3n) is 3.62. The second-order valence-corrected chi connectivity index (χ2v) is 10.2. The highest BCUT2D eigenvalue weighted by Gasteiger charge is 2.41. The maximum Gasteiger partial charge on any atom is 0.490 e. The van der Waals surface area contributed by atoms with Crippen LogP contribution in [0.25, 0.3) is 11.2 Å². The molecule has 3 rings (SSSR count). The first-order valence-corrected chi connectivity index (χ1v) is 12.2. The van der Waals surface area contributed by atoms with Gasteiger partial charge in [-0.1, -0.05) is 0 Å². The number of imidazole rings is 1. The fourth-order valence-electron chi connectivity index (χ4n) is 2.58. The third-order valence-corrected chi connectivity index (χ3v) is 7.42. The van der Waals surface area contributed by atoms with Crippen LogP contribution in [-0.4, -0.2) is 51.8 Å². The molecule has 2 unspecified atom stereocenters. The normalized spacial score (nSPS) is 24.4. The molecule has 0 spiro atoms. The average Bonchev–Trinajstić information content (AvgIpc) is 3.16. The molecule has 0 saturated carbocycles. The Kier molecular flexibility index (Phi) is 6.26. The highest BCUT2D eigenvalue weighted by atomic mass is 31.3. The molecule has 1 fully saturated rings. The Hall–Kier alpha value is -1.28. The molecule has 2 aromatic heterocycles. The van der Waals surface area contributed by atoms with E-state index in [4.69, 9.17) is 25.2 Å². The van der Waals surface area contributed by atoms with Crippen LogP contribution in [0.3, 0.4) is 0 Å². The molecule has 0 aromatic carbocycles. The van der Waals surface area contributed by atoms with Crippen LogP contribution in [0, 0.1) is 0 Å². The standard InChI is InChI=1S/C10H16N5O11P3/c11-9-8-10(13-4-12-9)15(5-14-8)7-2-1-6(24-7)3-23-28(19,20)26-29(21,22)25-27(16,17)18/h4-7H,1-3H2,(H,19,20)(H,21,22)(H2,11,12,13)(H2,16,17,18)/t6-,7+/m1/s1. The first kappa shape index (κ1) is 22.4. The Labute approximate surface area is 162 Å². The topological polar surface area (TPSA) is 239 Å². The van der Waals surface area contributed by atoms with Crippen LogP contribution in [0.15, 0.2) is 12.7 Å². The van der Waals surface area contributed by atoms with E-state index in [2.05, 4.69) is 28.1 Å². The zero-order valence-corrected chi connectivity index (χ0v) is 17.0. The van der Waals surface area contributed by atoms with Crippen LogP contribution in [0.1, 0.15) is 19.1 Å². The van der Waals surface area contributed by atoms with Crippen molar-refractivity contribution in [3.05, 3.63) is 12.7 Å². The molecule has 1 aliphatic rings. The van der Waals surface area contributed by atoms with Gasteiger partial charge < -0.3 is 30.0 Å². The number of anilines is 1. The highest BCUT2D eigenvalue weighted by Crippen LogP contribution is 2.66. The molecule has 29 heavy (non-hydrogen) atoms. The van der Waals surface area contributed by atoms with E-state index in [0.29, 0.717) is 24.0 Å². The number of aromatic nitrogens is 4. The lowest BCUT2D eigenvalue weighted by molar-refractivity contribution is -0.0205. The van der Waals surface area contributed by atoms with E-state index in [0.717, 1.165) is 0 Å². The van der Waals surface area contributed by atoms with Gasteiger partial charge in [-0.2, -0.15) is 8.62 Å². The van der Waals surface area contributed by atoms with E-state index in [1.807, 2.05) is 0 Å². The highest BCUT2D eigenvalue weighted by molar-refractivity contribution is 7.66. The van der Waals surface area contributed by atoms with Crippen LogP contribution < -0.4 is 5.73 Å². The van der Waals surface area contributed by atoms with Crippen LogP contribution in [0.4, 0.5) is 5.82 Å². The molecular formula is C10H16N5O11P3. The number of phosphoric acid groups is 3. The van der Waals surface area contributed by atoms with Gasteiger partial charge in [-0.15, -0.1) is 0 Å². The summed E-state index contributed by atoms with van der Waals surface area (Å²) in [4.78, 5) is 47.6. The van der Waals surface area contributed by atoms with E-state index in [-0.39, 0.29) is 5.82 Å². The number of fused-ring (bicyclic) bond motifs is 1. The smallest absolute Gasteiger partial charge is 0.382 e. The monoisotopic (exact) mass is 475 g/mol. The van der Waals surface area contributed by atoms with Crippen molar-refractivity contribution in [2.24, 2.45) is 0 Å². The molecule has 16 nitrogen and oxygen atoms in total. The summed E-state index contributed by atoms with van der Waals surface area (Å²) in [6, 6.07) is 0. The van der Waals surface area contributed by atoms with Gasteiger partial charge in [-0.3, -0.25) is 9.09 Å². The third kappa shape index (κ3) is 5.87. The Morgan fingerprint density at radius 2 is 1.83 bits per heavy atom. The van der Waals surface area contributed by atoms with Gasteiger partial charge in [0.1, 0.15) is 18.1 Å². The minimum atomic E-state index is -5.56. The number of nitrogen functional groups attached to an aromatic ring is 1. The van der Waals surface area contributed by atoms with Gasteiger partial charge >= 0.3 is 23.5 Å². The summed E-state index contributed by atoms with van der Waals surface area (Å²) in [7, 11) is -16.2. The zero-order chi connectivity index (χ0) is 21.4. The van der Waals surface area contributed by atoms with E-state index in [1.165, 1.54) is 12.7 Å². The van der Waals surface area contributed by atoms with Crippen molar-refractivity contribution in [3.63, 3.8) is 0 Å². The lowest BCUT2D eigenvalue weighted by atomic mass is 10.2. The first-order valence-electron chi connectivity index (χ1n) is 7.72. The summed E-state index contributed by atoms with van der Waals surface area (Å²) in [5.74, 6) is 0.191. The molecule has 0 radical (unpaired) electrons. The van der Waals surface area contributed by atoms with Crippen molar-refractivity contribution in [1.82, 2.24) is 19.5 Å². The molecule has 1 aliphatic heterocycles. The van der Waals surface area contributed by atoms with Crippen molar-refractivity contribution in [2.45, 2.75) is 25.2 Å². The molecule has 6 N–H and O–H groups in total. The molecule has 0 amide bonds. The van der Waals surface area contributed by atoms with Crippen LogP contribution in [-0.2, 0) is 31.6 Å². The second-order valence-electron chi connectivity index (χ2n) is 5.76. The zero-order valence-electron chi connectivity index (χ0n) is 14.3. The summed E-state index contributed by atoms with van der Waals surface area (Å²) >= 11 is 0. The molecule has 162 valence electrons. The van der Waals surface area contributed by atoms with Gasteiger partial charge in [0.15, 0.2) is 11.5 Å². The van der Waals surface area contributed by atoms with Gasteiger partial charge in [-0.25, -0.2) is 28.6 Å². The molecule has 3 heterocycles. The predicted molar refractivity (Wildman–Crippen MR) is 92.7 cm³/mol. The molecule has 0 bridgehead atoms. The fourth-order valence-corrected chi connectivity index (χ4v) is 5.62. The maximum absolute atomic E-state index is 11.7. The summed E-state index contributed by atoms with van der Waals surface area (Å²) in [5.41, 5.74) is 6.53. The molecule has 0 aliphatic carbocycles. The Morgan fingerprint density at radius 3 is 2.52 bits per heavy atom. The van der Waals surface area contributed by atoms with Crippen molar-refractivity contribution >= 4 is 40.4 Å². The van der Waals surface area contributed by atoms with Crippen molar-refractivity contribution in [2.75, 3.05) is 12.3 Å². The number of ether oxygens (including phenoxy) is 1. The Morgan fingerprint density at radius 1 is 1.10 bits per heavy atom. The van der Waals surface area contributed by atoms with Gasteiger partial charge in [0.25, 0.3) is 0 Å². The van der Waals surface area contributed by atoms with Crippen molar-refractivity contribution in [1.29, 1.82) is 0 Å². The fraction of sp³-hybridized carbons (Fsp3) is 0.500. The largest absolute Gasteiger partial charge is 0.490 e. The number of nitrogens with zero attached hydrogens (tertiary/aromatic N) is 4. The molecule has 1 saturated heterocycles. The van der Waals surface area contributed by atoms with Crippen LogP contribution in [0.5, 0.6) is 0 Å². The quantitative estimate of drug-likeness (QED) is 0.325. The van der Waals surface area contributed by atoms with Crippen LogP contribution >= 0.6 is 23.5 Å². The Balaban J connectivity index is 1.58. The lowest BCUT2D eigenvalue weighted by Crippen LogP contribution is -2.16. The molecular weight excluding hydrogens is 459 g/mol. The minimum absolute atomic E-state index is 0.191. The van der Waals surface area contributed by atoms with Crippen LogP contribution in [0.2, 0.25) is 0 Å². The SMILES string of the molecule is Nc1ncnc2c1ncn2[C@@H]1CC[C@H](COP(=O)(O)OP(=O)(O)OP(=O)(O)O)O1. The molecule has 4 atom stereocenters. The van der Waals surface area contributed by atoms with Gasteiger partial charge in [0, 0.05) is 0 Å². The predicted octanol–water partition coefficient (Wildman–Crippen LogP) is 0.429. The molecule has 2 aromatic rings. The van der Waals surface area contributed by atoms with E-state index in [1.54, 1.807) is 4.57 Å². The number of hydrogen-bond acceptors (Lipinski definition) is 11. The van der Waals surface area contributed by atoms with E-state index < -0.39 is 42.4 Å². The average molecular weight is 475 g/mol. The second kappa shape index (κ2) is 8.10. The lowest BCUT2D eigenvalue weighted by Gasteiger charge is -2.18.